The lowest BCUT2D eigenvalue weighted by molar-refractivity contribution is 0.575. The highest BCUT2D eigenvalue weighted by Gasteiger charge is 2.18. The molecule has 0 bridgehead atoms. The number of H-pyrrole nitrogens is 2. The predicted molar refractivity (Wildman–Crippen MR) is 161 cm³/mol. The number of hydrogen-bond acceptors (Lipinski definition) is 4. The van der Waals surface area contributed by atoms with Gasteiger partial charge < -0.3 is 9.88 Å². The number of aryl methyl sites for hydroxylation is 2. The van der Waals surface area contributed by atoms with E-state index in [1.165, 1.54) is 30.4 Å². The molecule has 6 nitrogen and oxygen atoms in total. The predicted octanol–water partition coefficient (Wildman–Crippen LogP) is 5.42. The van der Waals surface area contributed by atoms with E-state index in [2.05, 4.69) is 75.1 Å². The molecule has 39 heavy (non-hydrogen) atoms. The topological polar surface area (TPSA) is 73.5 Å². The largest absolute Gasteiger partial charge is 0.356 e. The van der Waals surface area contributed by atoms with Gasteiger partial charge in [-0.1, -0.05) is 43.0 Å². The standard InChI is InChI=1S/C33H34N6/c1-3-29-27(18-23(2)26-19-25(21-34-22-26)13-12-24-10-6-4-7-11-24)32(38-37-29)31-20-28-30(36-31)14-15-35-33(28)39-16-8-5-9-17-39/h3-4,6-7,10-11,14-15,18-22,36-37H,2,5,8-9,12-13,16-17H2,1H3/b27-18+,29-3+. The minimum absolute atomic E-state index is 0.873. The van der Waals surface area contributed by atoms with Crippen LogP contribution in [0.25, 0.3) is 40.0 Å². The molecule has 0 saturated carbocycles. The molecule has 1 fully saturated rings. The van der Waals surface area contributed by atoms with Crippen LogP contribution in [0.4, 0.5) is 5.82 Å². The van der Waals surface area contributed by atoms with Gasteiger partial charge in [-0.2, -0.15) is 5.10 Å². The molecule has 0 spiro atoms. The third kappa shape index (κ3) is 5.28. The molecule has 6 heteroatoms. The van der Waals surface area contributed by atoms with Crippen molar-refractivity contribution < 1.29 is 0 Å². The highest BCUT2D eigenvalue weighted by molar-refractivity contribution is 5.94. The normalized spacial score (nSPS) is 14.8. The third-order valence-electron chi connectivity index (χ3n) is 7.59. The Labute approximate surface area is 228 Å². The Hall–Kier alpha value is -4.45. The van der Waals surface area contributed by atoms with Crippen LogP contribution in [-0.2, 0) is 12.8 Å². The maximum absolute atomic E-state index is 4.75. The molecule has 1 saturated heterocycles. The third-order valence-corrected chi connectivity index (χ3v) is 7.59. The van der Waals surface area contributed by atoms with Crippen molar-refractivity contribution in [3.63, 3.8) is 0 Å². The van der Waals surface area contributed by atoms with Crippen LogP contribution in [0.2, 0.25) is 0 Å². The first-order chi connectivity index (χ1) is 19.2. The monoisotopic (exact) mass is 514 g/mol. The van der Waals surface area contributed by atoms with Gasteiger partial charge in [-0.15, -0.1) is 0 Å². The second-order valence-corrected chi connectivity index (χ2v) is 10.3. The summed E-state index contributed by atoms with van der Waals surface area (Å²) in [5.41, 5.74) is 7.37. The van der Waals surface area contributed by atoms with Crippen molar-refractivity contribution in [1.29, 1.82) is 0 Å². The molecule has 2 N–H and O–H groups in total. The fourth-order valence-electron chi connectivity index (χ4n) is 5.45. The van der Waals surface area contributed by atoms with E-state index < -0.39 is 0 Å². The Bertz CT molecular complexity index is 1720. The number of hydrogen-bond donors (Lipinski definition) is 2. The van der Waals surface area contributed by atoms with Gasteiger partial charge in [-0.25, -0.2) is 4.98 Å². The lowest BCUT2D eigenvalue weighted by atomic mass is 10.0. The molecular formula is C33H34N6. The van der Waals surface area contributed by atoms with Crippen molar-refractivity contribution in [2.75, 3.05) is 18.0 Å². The summed E-state index contributed by atoms with van der Waals surface area (Å²) in [5, 5.41) is 11.0. The van der Waals surface area contributed by atoms with Crippen LogP contribution in [0, 0.1) is 0 Å². The van der Waals surface area contributed by atoms with Crippen LogP contribution in [-0.4, -0.2) is 38.2 Å². The van der Waals surface area contributed by atoms with Crippen molar-refractivity contribution >= 4 is 34.4 Å². The molecule has 6 rings (SSSR count). The summed E-state index contributed by atoms with van der Waals surface area (Å²) in [6.07, 6.45) is 15.5. The zero-order valence-corrected chi connectivity index (χ0v) is 22.5. The van der Waals surface area contributed by atoms with Crippen LogP contribution in [0.15, 0.2) is 73.7 Å². The maximum Gasteiger partial charge on any atom is 0.137 e. The molecule has 5 heterocycles. The van der Waals surface area contributed by atoms with Crippen molar-refractivity contribution in [2.24, 2.45) is 0 Å². The number of piperidine rings is 1. The summed E-state index contributed by atoms with van der Waals surface area (Å²) >= 11 is 0. The van der Waals surface area contributed by atoms with Gasteiger partial charge in [0.25, 0.3) is 0 Å². The molecule has 1 aromatic carbocycles. The Kier molecular flexibility index (Phi) is 7.09. The number of benzene rings is 1. The maximum atomic E-state index is 4.75. The average Bonchev–Trinajstić information content (AvgIpc) is 3.61. The summed E-state index contributed by atoms with van der Waals surface area (Å²) in [6, 6.07) is 17.0. The van der Waals surface area contributed by atoms with Gasteiger partial charge in [0.15, 0.2) is 0 Å². The van der Waals surface area contributed by atoms with Gasteiger partial charge in [-0.05, 0) is 85.6 Å². The minimum Gasteiger partial charge on any atom is -0.356 e. The molecule has 4 aromatic heterocycles. The lowest BCUT2D eigenvalue weighted by Gasteiger charge is -2.28. The molecule has 0 unspecified atom stereocenters. The number of aromatic amines is 2. The first-order valence-corrected chi connectivity index (χ1v) is 13.8. The van der Waals surface area contributed by atoms with Crippen LogP contribution >= 0.6 is 0 Å². The van der Waals surface area contributed by atoms with Gasteiger partial charge in [0.1, 0.15) is 11.5 Å². The van der Waals surface area contributed by atoms with Gasteiger partial charge in [-0.3, -0.25) is 10.1 Å². The van der Waals surface area contributed by atoms with Crippen molar-refractivity contribution in [3.8, 4) is 11.4 Å². The molecule has 0 aliphatic carbocycles. The number of pyridine rings is 2. The second kappa shape index (κ2) is 11.1. The van der Waals surface area contributed by atoms with Crippen LogP contribution < -0.4 is 15.5 Å². The van der Waals surface area contributed by atoms with Crippen LogP contribution in [0.5, 0.6) is 0 Å². The van der Waals surface area contributed by atoms with E-state index in [4.69, 9.17) is 10.1 Å². The quantitative estimate of drug-likeness (QED) is 0.304. The van der Waals surface area contributed by atoms with E-state index in [1.807, 2.05) is 37.7 Å². The fourth-order valence-corrected chi connectivity index (χ4v) is 5.45. The SMILES string of the molecule is C=C(/C=c1/c(-c2cc3c(N4CCCCC4)nccc3[nH]2)n[nH]/c1=C/C)c1cncc(CCc2ccccc2)c1. The van der Waals surface area contributed by atoms with Crippen LogP contribution in [0.1, 0.15) is 42.9 Å². The summed E-state index contributed by atoms with van der Waals surface area (Å²) in [7, 11) is 0. The second-order valence-electron chi connectivity index (χ2n) is 10.3. The van der Waals surface area contributed by atoms with Gasteiger partial charge >= 0.3 is 0 Å². The van der Waals surface area contributed by atoms with Gasteiger partial charge in [0.2, 0.25) is 0 Å². The van der Waals surface area contributed by atoms with Crippen molar-refractivity contribution in [1.82, 2.24) is 25.1 Å². The molecule has 5 aromatic rings. The van der Waals surface area contributed by atoms with Gasteiger partial charge in [0, 0.05) is 42.3 Å². The van der Waals surface area contributed by atoms with Crippen molar-refractivity contribution in [2.45, 2.75) is 39.0 Å². The van der Waals surface area contributed by atoms with Crippen LogP contribution in [0.3, 0.4) is 0 Å². The highest BCUT2D eigenvalue weighted by atomic mass is 15.2. The van der Waals surface area contributed by atoms with E-state index >= 15 is 0 Å². The first-order valence-electron chi connectivity index (χ1n) is 13.8. The number of fused-ring (bicyclic) bond motifs is 1. The van der Waals surface area contributed by atoms with E-state index in [0.29, 0.717) is 0 Å². The number of nitrogens with one attached hydrogen (secondary N) is 2. The smallest absolute Gasteiger partial charge is 0.137 e. The zero-order valence-electron chi connectivity index (χ0n) is 22.5. The minimum atomic E-state index is 0.873. The number of anilines is 1. The summed E-state index contributed by atoms with van der Waals surface area (Å²) in [6.45, 7) is 8.54. The molecule has 0 radical (unpaired) electrons. The van der Waals surface area contributed by atoms with E-state index in [9.17, 15) is 0 Å². The first kappa shape index (κ1) is 24.9. The molecule has 1 aliphatic rings. The highest BCUT2D eigenvalue weighted by Crippen LogP contribution is 2.29. The number of rotatable bonds is 7. The molecule has 0 atom stereocenters. The van der Waals surface area contributed by atoms with E-state index in [0.717, 1.165) is 75.7 Å². The molecule has 196 valence electrons. The Morgan fingerprint density at radius 1 is 1.00 bits per heavy atom. The van der Waals surface area contributed by atoms with Crippen molar-refractivity contribution in [3.05, 3.63) is 101 Å². The van der Waals surface area contributed by atoms with E-state index in [1.54, 1.807) is 0 Å². The average molecular weight is 515 g/mol. The van der Waals surface area contributed by atoms with Gasteiger partial charge in [0.05, 0.1) is 16.6 Å². The molecule has 1 aliphatic heterocycles. The Morgan fingerprint density at radius 3 is 2.64 bits per heavy atom. The lowest BCUT2D eigenvalue weighted by Crippen LogP contribution is -2.30. The Morgan fingerprint density at radius 2 is 1.82 bits per heavy atom. The number of allylic oxidation sites excluding steroid dienone is 1. The fraction of sp³-hybridized carbons (Fsp3) is 0.242. The van der Waals surface area contributed by atoms with E-state index in [-0.39, 0.29) is 0 Å². The Balaban J connectivity index is 1.33. The molecule has 0 amide bonds. The number of aromatic nitrogens is 5. The molecular weight excluding hydrogens is 480 g/mol. The number of nitrogens with zero attached hydrogens (tertiary/aromatic N) is 4. The zero-order chi connectivity index (χ0) is 26.6. The summed E-state index contributed by atoms with van der Waals surface area (Å²) < 4.78 is 0. The summed E-state index contributed by atoms with van der Waals surface area (Å²) in [4.78, 5) is 15.3. The summed E-state index contributed by atoms with van der Waals surface area (Å²) in [5.74, 6) is 1.06.